The fraction of sp³-hybridized carbons (Fsp3) is 0.298. The molecule has 7 aromatic rings. The number of imidazole rings is 1. The molecule has 0 spiro atoms. The van der Waals surface area contributed by atoms with E-state index in [1.807, 2.05) is 128 Å². The minimum Gasteiger partial charge on any atom is -0.444 e. The van der Waals surface area contributed by atoms with Gasteiger partial charge in [-0.3, -0.25) is 14.8 Å². The van der Waals surface area contributed by atoms with Gasteiger partial charge in [-0.05, 0) is 53.5 Å². The molecule has 0 aliphatic carbocycles. The molecule has 0 fully saturated rings. The van der Waals surface area contributed by atoms with Gasteiger partial charge in [0.05, 0.1) is 33.5 Å². The number of carbonyl (C=O) groups excluding carboxylic acids is 3. The van der Waals surface area contributed by atoms with Crippen LogP contribution in [0.4, 0.5) is 9.59 Å². The Kier molecular flexibility index (Phi) is 17.5. The summed E-state index contributed by atoms with van der Waals surface area (Å²) in [5, 5.41) is 10.7. The lowest BCUT2D eigenvalue weighted by molar-refractivity contribution is -0.123. The Bertz CT molecular complexity index is 2680. The lowest BCUT2D eigenvalue weighted by atomic mass is 9.77. The van der Waals surface area contributed by atoms with E-state index in [1.165, 1.54) is 11.3 Å². The van der Waals surface area contributed by atoms with E-state index in [4.69, 9.17) is 14.7 Å². The van der Waals surface area contributed by atoms with Crippen LogP contribution in [0.15, 0.2) is 181 Å². The number of likely N-dealkylation sites (N-methyl/N-ethyl adjacent to an activating group) is 1. The Morgan fingerprint density at radius 3 is 1.77 bits per heavy atom. The summed E-state index contributed by atoms with van der Waals surface area (Å²) < 4.78 is 7.73. The van der Waals surface area contributed by atoms with Gasteiger partial charge in [-0.2, -0.15) is 0 Å². The summed E-state index contributed by atoms with van der Waals surface area (Å²) in [7, 11) is 1.75. The highest BCUT2D eigenvalue weighted by Gasteiger charge is 2.39. The average molecular weight is 987 g/mol. The zero-order valence-corrected chi connectivity index (χ0v) is 42.1. The molecule has 366 valence electrons. The van der Waals surface area contributed by atoms with Crippen LogP contribution in [-0.4, -0.2) is 86.0 Å². The summed E-state index contributed by atoms with van der Waals surface area (Å²) in [5.74, 6) is 0.775. The fourth-order valence-electron chi connectivity index (χ4n) is 9.17. The number of carbonyl (C=O) groups is 3. The van der Waals surface area contributed by atoms with Crippen molar-refractivity contribution >= 4 is 46.2 Å². The van der Waals surface area contributed by atoms with Gasteiger partial charge in [0.1, 0.15) is 18.2 Å². The van der Waals surface area contributed by atoms with Crippen LogP contribution in [0.3, 0.4) is 0 Å². The number of aliphatic imine (C=N–C) groups is 1. The molecule has 4 atom stereocenters. The van der Waals surface area contributed by atoms with Crippen molar-refractivity contribution in [2.45, 2.75) is 82.3 Å². The van der Waals surface area contributed by atoms with Gasteiger partial charge < -0.3 is 30.2 Å². The van der Waals surface area contributed by atoms with E-state index >= 15 is 4.79 Å². The standard InChI is InChI=1S/C57H62N8O4S2/c1-41(2)54-61-50(38-70-54)35-64(3)55(67)63-52(33-49-36-65(39-59-49)57(44-23-13-6-14-24-44,45-25-15-7-16-26-45)46-27-17-8-18-28-46)53(66)60-47(31-42-19-9-4-10-20-42)29-30-48(32-43-21-11-5-12-22-43)62-56(68)69-37-51-34-58-40-71-51/h4-28,34,36,39-41,47-48,50,52H,29-33,35,37-38H2,1-3H3,(H,60,66)(H,62,68)(H,63,67)/t47-,48-,50?,52+/m1/s1. The van der Waals surface area contributed by atoms with Crippen molar-refractivity contribution in [3.05, 3.63) is 214 Å². The number of hydrogen-bond donors (Lipinski definition) is 3. The molecule has 0 bridgehead atoms. The zero-order chi connectivity index (χ0) is 49.4. The minimum atomic E-state index is -1.00. The predicted octanol–water partition coefficient (Wildman–Crippen LogP) is 9.95. The molecule has 0 saturated heterocycles. The number of amides is 4. The van der Waals surface area contributed by atoms with Crippen LogP contribution >= 0.6 is 23.1 Å². The summed E-state index contributed by atoms with van der Waals surface area (Å²) in [6, 6.07) is 49.0. The van der Waals surface area contributed by atoms with Crippen molar-refractivity contribution in [1.29, 1.82) is 0 Å². The first-order valence-corrected chi connectivity index (χ1v) is 26.1. The largest absolute Gasteiger partial charge is 0.444 e. The molecule has 3 heterocycles. The Hall–Kier alpha value is -7.03. The maximum atomic E-state index is 15.1. The number of thioether (sulfide) groups is 1. The van der Waals surface area contributed by atoms with Crippen molar-refractivity contribution in [3.63, 3.8) is 0 Å². The highest BCUT2D eigenvalue weighted by molar-refractivity contribution is 8.14. The van der Waals surface area contributed by atoms with E-state index in [2.05, 4.69) is 75.7 Å². The van der Waals surface area contributed by atoms with Crippen LogP contribution in [0.25, 0.3) is 0 Å². The first-order chi connectivity index (χ1) is 34.6. The van der Waals surface area contributed by atoms with Crippen LogP contribution in [0.1, 0.15) is 65.1 Å². The van der Waals surface area contributed by atoms with Gasteiger partial charge in [0, 0.05) is 56.2 Å². The maximum Gasteiger partial charge on any atom is 0.407 e. The topological polar surface area (TPSA) is 143 Å². The van der Waals surface area contributed by atoms with Gasteiger partial charge >= 0.3 is 12.1 Å². The van der Waals surface area contributed by atoms with E-state index in [-0.39, 0.29) is 43.1 Å². The van der Waals surface area contributed by atoms with E-state index in [0.717, 1.165) is 43.5 Å². The van der Waals surface area contributed by atoms with Gasteiger partial charge in [-0.1, -0.05) is 166 Å². The van der Waals surface area contributed by atoms with E-state index in [1.54, 1.807) is 35.4 Å². The molecule has 0 saturated carbocycles. The molecular weight excluding hydrogens is 925 g/mol. The summed E-state index contributed by atoms with van der Waals surface area (Å²) in [5.41, 5.74) is 6.74. The van der Waals surface area contributed by atoms with Crippen molar-refractivity contribution in [2.75, 3.05) is 19.3 Å². The molecule has 5 aromatic carbocycles. The summed E-state index contributed by atoms with van der Waals surface area (Å²) >= 11 is 3.16. The van der Waals surface area contributed by atoms with E-state index < -0.39 is 17.7 Å². The molecular formula is C57H62N8O4S2. The van der Waals surface area contributed by atoms with Gasteiger partial charge in [0.15, 0.2) is 0 Å². The molecule has 0 radical (unpaired) electrons. The summed E-state index contributed by atoms with van der Waals surface area (Å²) in [6.45, 7) is 4.79. The number of alkyl carbamates (subject to hydrolysis) is 1. The SMILES string of the molecule is CC(C)C1=NC(CN(C)C(=O)N[C@@H](Cc2cn(C(c3ccccc3)(c3ccccc3)c3ccccc3)cn2)C(=O)N[C@H](CC[C@H](Cc2ccccc2)NC(=O)OCc2cncs2)Cc2ccccc2)CS1. The molecule has 1 unspecified atom stereocenters. The second kappa shape index (κ2) is 24.7. The summed E-state index contributed by atoms with van der Waals surface area (Å²) in [4.78, 5) is 59.0. The Morgan fingerprint density at radius 2 is 1.27 bits per heavy atom. The second-order valence-corrected chi connectivity index (χ2v) is 20.3. The van der Waals surface area contributed by atoms with Crippen LogP contribution in [0.5, 0.6) is 0 Å². The van der Waals surface area contributed by atoms with Gasteiger partial charge in [0.2, 0.25) is 5.91 Å². The molecule has 12 nitrogen and oxygen atoms in total. The number of nitrogens with zero attached hydrogens (tertiary/aromatic N) is 5. The average Bonchev–Trinajstić information content (AvgIpc) is 4.21. The van der Waals surface area contributed by atoms with Crippen LogP contribution < -0.4 is 16.0 Å². The highest BCUT2D eigenvalue weighted by Crippen LogP contribution is 2.41. The first-order valence-electron chi connectivity index (χ1n) is 24.2. The number of thiazole rings is 1. The van der Waals surface area contributed by atoms with Crippen LogP contribution in [0.2, 0.25) is 0 Å². The van der Waals surface area contributed by atoms with Crippen molar-refractivity contribution < 1.29 is 19.1 Å². The summed E-state index contributed by atoms with van der Waals surface area (Å²) in [6.07, 6.45) is 7.25. The number of urea groups is 1. The lowest BCUT2D eigenvalue weighted by Gasteiger charge is -2.37. The number of ether oxygens (including phenoxy) is 1. The zero-order valence-electron chi connectivity index (χ0n) is 40.5. The van der Waals surface area contributed by atoms with E-state index in [0.29, 0.717) is 43.8 Å². The Balaban J connectivity index is 1.08. The third-order valence-corrected chi connectivity index (χ3v) is 14.9. The van der Waals surface area contributed by atoms with Gasteiger partial charge in [0.25, 0.3) is 0 Å². The molecule has 3 N–H and O–H groups in total. The Morgan fingerprint density at radius 1 is 0.732 bits per heavy atom. The van der Waals surface area contributed by atoms with Gasteiger partial charge in [-0.15, -0.1) is 23.1 Å². The minimum absolute atomic E-state index is 0.0455. The molecule has 4 amide bonds. The number of hydrogen-bond acceptors (Lipinski definition) is 9. The normalized spacial score (nSPS) is 14.8. The van der Waals surface area contributed by atoms with Crippen LogP contribution in [0, 0.1) is 5.92 Å². The van der Waals surface area contributed by atoms with Crippen LogP contribution in [-0.2, 0) is 40.9 Å². The van der Waals surface area contributed by atoms with Crippen molar-refractivity contribution in [1.82, 2.24) is 35.4 Å². The number of benzene rings is 5. The lowest BCUT2D eigenvalue weighted by Crippen LogP contribution is -2.54. The number of rotatable bonds is 22. The van der Waals surface area contributed by atoms with Crippen molar-refractivity contribution in [3.8, 4) is 0 Å². The van der Waals surface area contributed by atoms with Crippen molar-refractivity contribution in [2.24, 2.45) is 10.9 Å². The molecule has 1 aliphatic heterocycles. The predicted molar refractivity (Wildman–Crippen MR) is 285 cm³/mol. The quantitative estimate of drug-likeness (QED) is 0.0574. The third-order valence-electron chi connectivity index (χ3n) is 12.7. The molecule has 1 aliphatic rings. The number of aromatic nitrogens is 3. The number of nitrogens with one attached hydrogen (secondary N) is 3. The molecule has 14 heteroatoms. The van der Waals surface area contributed by atoms with E-state index in [9.17, 15) is 9.59 Å². The highest BCUT2D eigenvalue weighted by atomic mass is 32.2. The molecule has 71 heavy (non-hydrogen) atoms. The smallest absolute Gasteiger partial charge is 0.407 e. The fourth-order valence-corrected chi connectivity index (χ4v) is 10.8. The molecule has 2 aromatic heterocycles. The maximum absolute atomic E-state index is 15.1. The van der Waals surface area contributed by atoms with Gasteiger partial charge in [-0.25, -0.2) is 14.6 Å². The molecule has 8 rings (SSSR count). The third kappa shape index (κ3) is 13.4. The second-order valence-electron chi connectivity index (χ2n) is 18.3. The Labute approximate surface area is 425 Å². The monoisotopic (exact) mass is 986 g/mol. The first kappa shape index (κ1) is 50.4.